The van der Waals surface area contributed by atoms with Gasteiger partial charge < -0.3 is 5.73 Å². The van der Waals surface area contributed by atoms with Crippen LogP contribution in [0.2, 0.25) is 0 Å². The number of hydrogen-bond donors (Lipinski definition) is 1. The third-order valence-corrected chi connectivity index (χ3v) is 2.75. The highest BCUT2D eigenvalue weighted by atomic mass is 32.1. The van der Waals surface area contributed by atoms with E-state index in [-0.39, 0.29) is 0 Å². The smallest absolute Gasteiger partial charge is 0.00607 e. The average Bonchev–Trinajstić information content (AvgIpc) is 2.37. The highest BCUT2D eigenvalue weighted by Crippen LogP contribution is 2.16. The quantitative estimate of drug-likeness (QED) is 0.708. The first-order valence-corrected chi connectivity index (χ1v) is 4.46. The lowest BCUT2D eigenvalue weighted by Gasteiger charge is -1.88. The molecule has 56 valence electrons. The predicted octanol–water partition coefficient (Wildman–Crippen LogP) is 1.81. The second kappa shape index (κ2) is 3.74. The Kier molecular flexibility index (Phi) is 2.90. The summed E-state index contributed by atoms with van der Waals surface area (Å²) in [7, 11) is 0. The Bertz CT molecular complexity index is 193. The summed E-state index contributed by atoms with van der Waals surface area (Å²) in [6.45, 7) is 2.95. The molecule has 0 fully saturated rings. The third-order valence-electron chi connectivity index (χ3n) is 1.46. The van der Waals surface area contributed by atoms with E-state index in [0.29, 0.717) is 0 Å². The Hall–Kier alpha value is -0.340. The minimum absolute atomic E-state index is 0.768. The molecule has 0 aromatic carbocycles. The summed E-state index contributed by atoms with van der Waals surface area (Å²) in [5.74, 6) is 0. The fourth-order valence-electron chi connectivity index (χ4n) is 0.889. The van der Waals surface area contributed by atoms with Crippen LogP contribution in [-0.2, 0) is 12.8 Å². The molecule has 2 N–H and O–H groups in total. The molecule has 2 heteroatoms. The van der Waals surface area contributed by atoms with Crippen molar-refractivity contribution in [1.29, 1.82) is 0 Å². The monoisotopic (exact) mass is 155 g/mol. The van der Waals surface area contributed by atoms with E-state index in [1.807, 2.05) is 11.3 Å². The van der Waals surface area contributed by atoms with Crippen LogP contribution in [0.3, 0.4) is 0 Å². The van der Waals surface area contributed by atoms with Gasteiger partial charge >= 0.3 is 0 Å². The van der Waals surface area contributed by atoms with Crippen LogP contribution < -0.4 is 5.73 Å². The lowest BCUT2D eigenvalue weighted by Crippen LogP contribution is -2.00. The molecule has 0 spiro atoms. The van der Waals surface area contributed by atoms with E-state index in [9.17, 15) is 0 Å². The molecule has 10 heavy (non-hydrogen) atoms. The molecule has 0 saturated heterocycles. The number of rotatable bonds is 3. The second-order valence-electron chi connectivity index (χ2n) is 2.26. The first kappa shape index (κ1) is 7.76. The maximum atomic E-state index is 5.42. The third kappa shape index (κ3) is 1.82. The van der Waals surface area contributed by atoms with Crippen molar-refractivity contribution in [2.75, 3.05) is 6.54 Å². The summed E-state index contributed by atoms with van der Waals surface area (Å²) in [6, 6.07) is 4.37. The van der Waals surface area contributed by atoms with E-state index in [0.717, 1.165) is 19.4 Å². The van der Waals surface area contributed by atoms with Gasteiger partial charge in [-0.1, -0.05) is 6.92 Å². The number of nitrogens with two attached hydrogens (primary N) is 1. The van der Waals surface area contributed by atoms with Gasteiger partial charge in [0.2, 0.25) is 0 Å². The van der Waals surface area contributed by atoms with Crippen LogP contribution in [0.15, 0.2) is 12.1 Å². The van der Waals surface area contributed by atoms with E-state index >= 15 is 0 Å². The van der Waals surface area contributed by atoms with Crippen molar-refractivity contribution in [2.24, 2.45) is 5.73 Å². The van der Waals surface area contributed by atoms with Gasteiger partial charge in [-0.15, -0.1) is 11.3 Å². The van der Waals surface area contributed by atoms with Crippen molar-refractivity contribution < 1.29 is 0 Å². The molecule has 1 nitrogen and oxygen atoms in total. The molecule has 0 aliphatic carbocycles. The molecule has 1 rings (SSSR count). The van der Waals surface area contributed by atoms with E-state index in [4.69, 9.17) is 5.73 Å². The van der Waals surface area contributed by atoms with Gasteiger partial charge in [-0.25, -0.2) is 0 Å². The summed E-state index contributed by atoms with van der Waals surface area (Å²) < 4.78 is 0. The van der Waals surface area contributed by atoms with Crippen molar-refractivity contribution in [3.63, 3.8) is 0 Å². The molecular weight excluding hydrogens is 142 g/mol. The first-order valence-electron chi connectivity index (χ1n) is 3.64. The Morgan fingerprint density at radius 1 is 1.40 bits per heavy atom. The van der Waals surface area contributed by atoms with Crippen LogP contribution in [0.1, 0.15) is 16.7 Å². The summed E-state index contributed by atoms with van der Waals surface area (Å²) >= 11 is 1.88. The molecule has 0 atom stereocenters. The molecule has 0 bridgehead atoms. The number of aryl methyl sites for hydroxylation is 1. The van der Waals surface area contributed by atoms with Crippen molar-refractivity contribution in [2.45, 2.75) is 19.8 Å². The fraction of sp³-hybridized carbons (Fsp3) is 0.500. The maximum Gasteiger partial charge on any atom is 0.00607 e. The van der Waals surface area contributed by atoms with Crippen LogP contribution in [-0.4, -0.2) is 6.54 Å². The lowest BCUT2D eigenvalue weighted by atomic mass is 10.3. The number of hydrogen-bond acceptors (Lipinski definition) is 2. The van der Waals surface area contributed by atoms with Crippen LogP contribution in [0, 0.1) is 0 Å². The fourth-order valence-corrected chi connectivity index (χ4v) is 1.86. The largest absolute Gasteiger partial charge is 0.330 e. The average molecular weight is 155 g/mol. The SMILES string of the molecule is CCc1ccc(CCN)s1. The van der Waals surface area contributed by atoms with Gasteiger partial charge in [0.05, 0.1) is 0 Å². The standard InChI is InChI=1S/C8H13NS/c1-2-7-3-4-8(10-7)5-6-9/h3-4H,2,5-6,9H2,1H3. The summed E-state index contributed by atoms with van der Waals surface area (Å²) in [4.78, 5) is 2.88. The zero-order chi connectivity index (χ0) is 7.40. The normalized spacial score (nSPS) is 10.2. The predicted molar refractivity (Wildman–Crippen MR) is 46.5 cm³/mol. The van der Waals surface area contributed by atoms with Crippen LogP contribution in [0.4, 0.5) is 0 Å². The van der Waals surface area contributed by atoms with Gasteiger partial charge in [0.1, 0.15) is 0 Å². The van der Waals surface area contributed by atoms with Gasteiger partial charge in [-0.3, -0.25) is 0 Å². The van der Waals surface area contributed by atoms with Crippen molar-refractivity contribution in [3.05, 3.63) is 21.9 Å². The van der Waals surface area contributed by atoms with Crippen molar-refractivity contribution in [3.8, 4) is 0 Å². The van der Waals surface area contributed by atoms with Crippen molar-refractivity contribution >= 4 is 11.3 Å². The molecule has 0 aliphatic rings. The molecule has 0 radical (unpaired) electrons. The Morgan fingerprint density at radius 3 is 2.60 bits per heavy atom. The lowest BCUT2D eigenvalue weighted by molar-refractivity contribution is 0.989. The van der Waals surface area contributed by atoms with E-state index in [1.54, 1.807) is 0 Å². The summed E-state index contributed by atoms with van der Waals surface area (Å²) in [5.41, 5.74) is 5.42. The Morgan fingerprint density at radius 2 is 2.10 bits per heavy atom. The van der Waals surface area contributed by atoms with Gasteiger partial charge in [0.25, 0.3) is 0 Å². The molecule has 1 aromatic heterocycles. The van der Waals surface area contributed by atoms with Gasteiger partial charge in [-0.05, 0) is 31.5 Å². The number of thiophene rings is 1. The van der Waals surface area contributed by atoms with E-state index in [2.05, 4.69) is 19.1 Å². The first-order chi connectivity index (χ1) is 4.86. The highest BCUT2D eigenvalue weighted by Gasteiger charge is 1.95. The van der Waals surface area contributed by atoms with Crippen LogP contribution >= 0.6 is 11.3 Å². The van der Waals surface area contributed by atoms with Gasteiger partial charge in [0, 0.05) is 9.75 Å². The summed E-state index contributed by atoms with van der Waals surface area (Å²) in [6.07, 6.45) is 2.18. The van der Waals surface area contributed by atoms with E-state index < -0.39 is 0 Å². The molecule has 0 amide bonds. The van der Waals surface area contributed by atoms with Crippen LogP contribution in [0.5, 0.6) is 0 Å². The molecular formula is C8H13NS. The second-order valence-corrected chi connectivity index (χ2v) is 3.51. The van der Waals surface area contributed by atoms with Crippen LogP contribution in [0.25, 0.3) is 0 Å². The minimum atomic E-state index is 0.768. The zero-order valence-electron chi connectivity index (χ0n) is 6.26. The Labute approximate surface area is 65.9 Å². The molecule has 0 unspecified atom stereocenters. The molecule has 1 heterocycles. The highest BCUT2D eigenvalue weighted by molar-refractivity contribution is 7.11. The molecule has 1 aromatic rings. The topological polar surface area (TPSA) is 26.0 Å². The maximum absolute atomic E-state index is 5.42. The summed E-state index contributed by atoms with van der Waals surface area (Å²) in [5, 5.41) is 0. The van der Waals surface area contributed by atoms with Crippen molar-refractivity contribution in [1.82, 2.24) is 0 Å². The van der Waals surface area contributed by atoms with Gasteiger partial charge in [-0.2, -0.15) is 0 Å². The minimum Gasteiger partial charge on any atom is -0.330 e. The zero-order valence-corrected chi connectivity index (χ0v) is 7.08. The molecule has 0 saturated carbocycles. The van der Waals surface area contributed by atoms with Gasteiger partial charge in [0.15, 0.2) is 0 Å². The molecule has 0 aliphatic heterocycles. The Balaban J connectivity index is 2.59. The van der Waals surface area contributed by atoms with E-state index in [1.165, 1.54) is 9.75 Å².